The highest BCUT2D eigenvalue weighted by molar-refractivity contribution is 5.77. The third-order valence-electron chi connectivity index (χ3n) is 5.19. The number of nitrogens with zero attached hydrogens (tertiary/aromatic N) is 1. The minimum Gasteiger partial charge on any atom is -0.484 e. The maximum absolute atomic E-state index is 12.1. The standard InChI is InChI=1S/C20H30N2O3/c1-2-16-3-5-19(6-4-16)25-15-20(23)21-18-7-10-22(11-8-18)13-17-9-12-24-14-17/h3-6,17-18H,2,7-15H2,1H3,(H,21,23). The summed E-state index contributed by atoms with van der Waals surface area (Å²) in [4.78, 5) is 14.6. The molecular weight excluding hydrogens is 316 g/mol. The summed E-state index contributed by atoms with van der Waals surface area (Å²) in [5, 5.41) is 3.11. The van der Waals surface area contributed by atoms with Gasteiger partial charge >= 0.3 is 0 Å². The van der Waals surface area contributed by atoms with Crippen LogP contribution in [0.2, 0.25) is 0 Å². The van der Waals surface area contributed by atoms with Gasteiger partial charge in [-0.05, 0) is 49.3 Å². The fourth-order valence-electron chi connectivity index (χ4n) is 3.59. The van der Waals surface area contributed by atoms with E-state index in [4.69, 9.17) is 9.47 Å². The molecule has 1 aromatic rings. The van der Waals surface area contributed by atoms with Crippen molar-refractivity contribution in [2.24, 2.45) is 5.92 Å². The molecule has 25 heavy (non-hydrogen) atoms. The van der Waals surface area contributed by atoms with Crippen molar-refractivity contribution < 1.29 is 14.3 Å². The second kappa shape index (κ2) is 9.20. The van der Waals surface area contributed by atoms with Crippen LogP contribution in [-0.2, 0) is 16.0 Å². The average Bonchev–Trinajstić information content (AvgIpc) is 3.15. The number of aryl methyl sites for hydroxylation is 1. The summed E-state index contributed by atoms with van der Waals surface area (Å²) in [6.45, 7) is 7.28. The maximum Gasteiger partial charge on any atom is 0.258 e. The lowest BCUT2D eigenvalue weighted by atomic mass is 10.0. The Labute approximate surface area is 150 Å². The summed E-state index contributed by atoms with van der Waals surface area (Å²) in [7, 11) is 0. The number of hydrogen-bond donors (Lipinski definition) is 1. The number of nitrogens with one attached hydrogen (secondary N) is 1. The van der Waals surface area contributed by atoms with Gasteiger partial charge in [-0.3, -0.25) is 4.79 Å². The van der Waals surface area contributed by atoms with Crippen LogP contribution in [0.4, 0.5) is 0 Å². The van der Waals surface area contributed by atoms with E-state index in [1.807, 2.05) is 24.3 Å². The first-order chi connectivity index (χ1) is 12.2. The topological polar surface area (TPSA) is 50.8 Å². The molecule has 0 aliphatic carbocycles. The maximum atomic E-state index is 12.1. The van der Waals surface area contributed by atoms with Gasteiger partial charge in [0.15, 0.2) is 6.61 Å². The van der Waals surface area contributed by atoms with Gasteiger partial charge in [0.1, 0.15) is 5.75 Å². The van der Waals surface area contributed by atoms with E-state index in [0.717, 1.165) is 57.9 Å². The van der Waals surface area contributed by atoms with Gasteiger partial charge in [-0.2, -0.15) is 0 Å². The molecule has 0 aromatic heterocycles. The van der Waals surface area contributed by atoms with Crippen LogP contribution in [0.15, 0.2) is 24.3 Å². The Morgan fingerprint density at radius 2 is 2.00 bits per heavy atom. The first-order valence-electron chi connectivity index (χ1n) is 9.54. The molecule has 2 aliphatic heterocycles. The number of carbonyl (C=O) groups excluding carboxylic acids is 1. The molecule has 5 nitrogen and oxygen atoms in total. The Hall–Kier alpha value is -1.59. The summed E-state index contributed by atoms with van der Waals surface area (Å²) in [6, 6.07) is 8.21. The van der Waals surface area contributed by atoms with E-state index < -0.39 is 0 Å². The molecule has 1 N–H and O–H groups in total. The zero-order valence-corrected chi connectivity index (χ0v) is 15.2. The number of hydrogen-bond acceptors (Lipinski definition) is 4. The van der Waals surface area contributed by atoms with Crippen molar-refractivity contribution in [3.63, 3.8) is 0 Å². The lowest BCUT2D eigenvalue weighted by Crippen LogP contribution is -2.46. The molecule has 0 spiro atoms. The Morgan fingerprint density at radius 1 is 1.24 bits per heavy atom. The van der Waals surface area contributed by atoms with Gasteiger partial charge in [0.05, 0.1) is 6.61 Å². The molecule has 1 amide bonds. The van der Waals surface area contributed by atoms with Crippen LogP contribution in [0.25, 0.3) is 0 Å². The van der Waals surface area contributed by atoms with Crippen LogP contribution < -0.4 is 10.1 Å². The number of ether oxygens (including phenoxy) is 2. The fourth-order valence-corrected chi connectivity index (χ4v) is 3.59. The van der Waals surface area contributed by atoms with Gasteiger partial charge in [0.25, 0.3) is 5.91 Å². The molecule has 1 aromatic carbocycles. The Morgan fingerprint density at radius 3 is 2.64 bits per heavy atom. The van der Waals surface area contributed by atoms with Gasteiger partial charge in [0, 0.05) is 32.3 Å². The smallest absolute Gasteiger partial charge is 0.258 e. The fraction of sp³-hybridized carbons (Fsp3) is 0.650. The molecule has 3 rings (SSSR count). The molecule has 138 valence electrons. The number of rotatable bonds is 7. The van der Waals surface area contributed by atoms with Crippen molar-refractivity contribution >= 4 is 5.91 Å². The summed E-state index contributed by atoms with van der Waals surface area (Å²) < 4.78 is 11.0. The SMILES string of the molecule is CCc1ccc(OCC(=O)NC2CCN(CC3CCOC3)CC2)cc1. The molecule has 2 heterocycles. The quantitative estimate of drug-likeness (QED) is 0.823. The predicted octanol–water partition coefficient (Wildman–Crippen LogP) is 2.24. The molecule has 0 bridgehead atoms. The van der Waals surface area contributed by atoms with Crippen molar-refractivity contribution in [1.82, 2.24) is 10.2 Å². The zero-order valence-electron chi connectivity index (χ0n) is 15.2. The number of carbonyl (C=O) groups is 1. The molecule has 1 atom stereocenters. The second-order valence-electron chi connectivity index (χ2n) is 7.16. The highest BCUT2D eigenvalue weighted by Gasteiger charge is 2.24. The predicted molar refractivity (Wildman–Crippen MR) is 97.8 cm³/mol. The molecule has 1 unspecified atom stereocenters. The molecule has 0 radical (unpaired) electrons. The van der Waals surface area contributed by atoms with E-state index in [1.165, 1.54) is 12.0 Å². The summed E-state index contributed by atoms with van der Waals surface area (Å²) in [6.07, 6.45) is 4.23. The van der Waals surface area contributed by atoms with E-state index in [9.17, 15) is 4.79 Å². The van der Waals surface area contributed by atoms with Crippen molar-refractivity contribution in [2.45, 2.75) is 38.6 Å². The Bertz CT molecular complexity index is 532. The lowest BCUT2D eigenvalue weighted by Gasteiger charge is -2.33. The van der Waals surface area contributed by atoms with E-state index in [-0.39, 0.29) is 18.6 Å². The van der Waals surface area contributed by atoms with Crippen molar-refractivity contribution in [1.29, 1.82) is 0 Å². The summed E-state index contributed by atoms with van der Waals surface area (Å²) in [5.41, 5.74) is 1.27. The van der Waals surface area contributed by atoms with E-state index >= 15 is 0 Å². The van der Waals surface area contributed by atoms with Crippen LogP contribution in [0.5, 0.6) is 5.75 Å². The molecule has 2 fully saturated rings. The number of amides is 1. The normalized spacial score (nSPS) is 22.0. The highest BCUT2D eigenvalue weighted by atomic mass is 16.5. The number of piperidine rings is 1. The van der Waals surface area contributed by atoms with Crippen LogP contribution in [0.1, 0.15) is 31.7 Å². The average molecular weight is 346 g/mol. The second-order valence-corrected chi connectivity index (χ2v) is 7.16. The van der Waals surface area contributed by atoms with E-state index in [2.05, 4.69) is 17.1 Å². The number of likely N-dealkylation sites (tertiary alicyclic amines) is 1. The molecule has 5 heteroatoms. The first kappa shape index (κ1) is 18.2. The lowest BCUT2D eigenvalue weighted by molar-refractivity contribution is -0.124. The minimum absolute atomic E-state index is 0.0257. The monoisotopic (exact) mass is 346 g/mol. The van der Waals surface area contributed by atoms with Gasteiger partial charge in [-0.15, -0.1) is 0 Å². The Balaban J connectivity index is 1.33. The van der Waals surface area contributed by atoms with Crippen molar-refractivity contribution in [2.75, 3.05) is 39.5 Å². The number of benzene rings is 1. The summed E-state index contributed by atoms with van der Waals surface area (Å²) >= 11 is 0. The zero-order chi connectivity index (χ0) is 17.5. The van der Waals surface area contributed by atoms with Gasteiger partial charge in [0.2, 0.25) is 0 Å². The van der Waals surface area contributed by atoms with Gasteiger partial charge in [-0.1, -0.05) is 19.1 Å². The van der Waals surface area contributed by atoms with Crippen molar-refractivity contribution in [3.05, 3.63) is 29.8 Å². The van der Waals surface area contributed by atoms with Crippen LogP contribution in [0.3, 0.4) is 0 Å². The van der Waals surface area contributed by atoms with Crippen molar-refractivity contribution in [3.8, 4) is 5.75 Å². The third kappa shape index (κ3) is 5.72. The van der Waals surface area contributed by atoms with Crippen LogP contribution >= 0.6 is 0 Å². The highest BCUT2D eigenvalue weighted by Crippen LogP contribution is 2.18. The largest absolute Gasteiger partial charge is 0.484 e. The van der Waals surface area contributed by atoms with E-state index in [1.54, 1.807) is 0 Å². The van der Waals surface area contributed by atoms with Gasteiger partial charge < -0.3 is 19.7 Å². The molecule has 0 saturated carbocycles. The van der Waals surface area contributed by atoms with E-state index in [0.29, 0.717) is 5.92 Å². The summed E-state index contributed by atoms with van der Waals surface area (Å²) in [5.74, 6) is 1.42. The van der Waals surface area contributed by atoms with Gasteiger partial charge in [-0.25, -0.2) is 0 Å². The third-order valence-corrected chi connectivity index (χ3v) is 5.19. The molecule has 2 aliphatic rings. The van der Waals surface area contributed by atoms with Crippen LogP contribution in [0, 0.1) is 5.92 Å². The van der Waals surface area contributed by atoms with Crippen LogP contribution in [-0.4, -0.2) is 56.3 Å². The Kier molecular flexibility index (Phi) is 6.70. The minimum atomic E-state index is -0.0257. The molecular formula is C20H30N2O3. The first-order valence-corrected chi connectivity index (χ1v) is 9.54. The molecule has 2 saturated heterocycles.